The minimum atomic E-state index is -4.38. The normalized spacial score (nSPS) is 18.0. The Bertz CT molecular complexity index is 982. The van der Waals surface area contributed by atoms with Gasteiger partial charge in [-0.3, -0.25) is 10.00 Å². The highest BCUT2D eigenvalue weighted by Crippen LogP contribution is 2.30. The van der Waals surface area contributed by atoms with E-state index in [0.717, 1.165) is 35.6 Å². The highest BCUT2D eigenvalue weighted by molar-refractivity contribution is 5.62. The molecule has 0 saturated carbocycles. The van der Waals surface area contributed by atoms with E-state index in [1.807, 2.05) is 11.1 Å². The van der Waals surface area contributed by atoms with Gasteiger partial charge in [0.25, 0.3) is 0 Å². The Morgan fingerprint density at radius 2 is 1.87 bits per heavy atom. The SMILES string of the molecule is CC1CN(c2ccc(C(F)(F)F)cn2)CCN1Cc1c[nH]nc1-c1ccc(F)cc1. The molecule has 9 heteroatoms. The number of aromatic nitrogens is 3. The van der Waals surface area contributed by atoms with Gasteiger partial charge >= 0.3 is 6.18 Å². The zero-order valence-corrected chi connectivity index (χ0v) is 16.3. The van der Waals surface area contributed by atoms with E-state index in [0.29, 0.717) is 25.5 Å². The summed E-state index contributed by atoms with van der Waals surface area (Å²) in [6.07, 6.45) is -1.66. The predicted octanol–water partition coefficient (Wildman–Crippen LogP) is 4.34. The van der Waals surface area contributed by atoms with E-state index in [2.05, 4.69) is 27.0 Å². The summed E-state index contributed by atoms with van der Waals surface area (Å²) >= 11 is 0. The second-order valence-electron chi connectivity index (χ2n) is 7.43. The number of anilines is 1. The average Bonchev–Trinajstić information content (AvgIpc) is 3.18. The monoisotopic (exact) mass is 419 g/mol. The molecule has 4 rings (SSSR count). The second-order valence-corrected chi connectivity index (χ2v) is 7.43. The molecule has 30 heavy (non-hydrogen) atoms. The third kappa shape index (κ3) is 4.30. The molecule has 3 aromatic rings. The fourth-order valence-electron chi connectivity index (χ4n) is 3.69. The molecule has 1 aromatic carbocycles. The van der Waals surface area contributed by atoms with Crippen molar-refractivity contribution < 1.29 is 17.6 Å². The van der Waals surface area contributed by atoms with Crippen LogP contribution >= 0.6 is 0 Å². The van der Waals surface area contributed by atoms with E-state index in [1.54, 1.807) is 12.1 Å². The van der Waals surface area contributed by atoms with Crippen LogP contribution < -0.4 is 4.90 Å². The molecular weight excluding hydrogens is 398 g/mol. The van der Waals surface area contributed by atoms with Gasteiger partial charge in [0.1, 0.15) is 11.6 Å². The number of hydrogen-bond acceptors (Lipinski definition) is 4. The second kappa shape index (κ2) is 8.06. The maximum absolute atomic E-state index is 13.2. The Hall–Kier alpha value is -2.94. The number of rotatable bonds is 4. The highest BCUT2D eigenvalue weighted by atomic mass is 19.4. The molecule has 1 atom stereocenters. The lowest BCUT2D eigenvalue weighted by molar-refractivity contribution is -0.137. The summed E-state index contributed by atoms with van der Waals surface area (Å²) in [5, 5.41) is 7.20. The standard InChI is InChI=1S/C21H21F4N5/c1-14-12-30(19-7-4-17(11-26-19)21(23,24)25)9-8-29(14)13-16-10-27-28-20(16)15-2-5-18(22)6-3-15/h2-7,10-11,14H,8-9,12-13H2,1H3,(H,27,28). The van der Waals surface area contributed by atoms with Gasteiger partial charge in [0.15, 0.2) is 0 Å². The summed E-state index contributed by atoms with van der Waals surface area (Å²) in [6.45, 7) is 4.79. The smallest absolute Gasteiger partial charge is 0.354 e. The Kier molecular flexibility index (Phi) is 5.46. The van der Waals surface area contributed by atoms with Gasteiger partial charge in [-0.1, -0.05) is 0 Å². The quantitative estimate of drug-likeness (QED) is 0.639. The lowest BCUT2D eigenvalue weighted by Crippen LogP contribution is -2.51. The largest absolute Gasteiger partial charge is 0.417 e. The van der Waals surface area contributed by atoms with Crippen LogP contribution in [0.5, 0.6) is 0 Å². The molecule has 5 nitrogen and oxygen atoms in total. The maximum atomic E-state index is 13.2. The van der Waals surface area contributed by atoms with Crippen LogP contribution in [0.15, 0.2) is 48.8 Å². The number of aromatic amines is 1. The van der Waals surface area contributed by atoms with Crippen molar-refractivity contribution in [3.05, 3.63) is 65.7 Å². The lowest BCUT2D eigenvalue weighted by Gasteiger charge is -2.40. The minimum absolute atomic E-state index is 0.166. The summed E-state index contributed by atoms with van der Waals surface area (Å²) < 4.78 is 51.4. The predicted molar refractivity (Wildman–Crippen MR) is 105 cm³/mol. The first-order valence-corrected chi connectivity index (χ1v) is 9.62. The number of pyridine rings is 1. The number of nitrogens with zero attached hydrogens (tertiary/aromatic N) is 4. The third-order valence-electron chi connectivity index (χ3n) is 5.37. The van der Waals surface area contributed by atoms with Gasteiger partial charge in [0.2, 0.25) is 0 Å². The molecular formula is C21H21F4N5. The van der Waals surface area contributed by atoms with Gasteiger partial charge in [-0.05, 0) is 43.3 Å². The van der Waals surface area contributed by atoms with Crippen molar-refractivity contribution in [2.24, 2.45) is 0 Å². The van der Waals surface area contributed by atoms with Gasteiger partial charge in [-0.2, -0.15) is 18.3 Å². The number of hydrogen-bond donors (Lipinski definition) is 1. The number of piperazine rings is 1. The Morgan fingerprint density at radius 1 is 1.10 bits per heavy atom. The van der Waals surface area contributed by atoms with Crippen molar-refractivity contribution in [2.45, 2.75) is 25.7 Å². The molecule has 1 saturated heterocycles. The third-order valence-corrected chi connectivity index (χ3v) is 5.37. The van der Waals surface area contributed by atoms with Crippen molar-refractivity contribution in [3.63, 3.8) is 0 Å². The summed E-state index contributed by atoms with van der Waals surface area (Å²) in [5.41, 5.74) is 1.89. The van der Waals surface area contributed by atoms with Crippen LogP contribution in [0.1, 0.15) is 18.1 Å². The van der Waals surface area contributed by atoms with Gasteiger partial charge < -0.3 is 4.90 Å². The van der Waals surface area contributed by atoms with Gasteiger partial charge in [0, 0.05) is 55.7 Å². The zero-order chi connectivity index (χ0) is 21.3. The first-order valence-electron chi connectivity index (χ1n) is 9.62. The van der Waals surface area contributed by atoms with Crippen LogP contribution in [0.3, 0.4) is 0 Å². The molecule has 1 N–H and O–H groups in total. The molecule has 158 valence electrons. The van der Waals surface area contributed by atoms with Crippen molar-refractivity contribution in [2.75, 3.05) is 24.5 Å². The number of H-pyrrole nitrogens is 1. The summed E-state index contributed by atoms with van der Waals surface area (Å²) in [7, 11) is 0. The molecule has 0 amide bonds. The highest BCUT2D eigenvalue weighted by Gasteiger charge is 2.31. The van der Waals surface area contributed by atoms with E-state index < -0.39 is 11.7 Å². The minimum Gasteiger partial charge on any atom is -0.354 e. The Balaban J connectivity index is 1.42. The summed E-state index contributed by atoms with van der Waals surface area (Å²) in [5.74, 6) is 0.252. The molecule has 1 fully saturated rings. The number of benzene rings is 1. The maximum Gasteiger partial charge on any atom is 0.417 e. The van der Waals surface area contributed by atoms with E-state index in [-0.39, 0.29) is 11.9 Å². The van der Waals surface area contributed by atoms with Crippen LogP contribution in [0.25, 0.3) is 11.3 Å². The van der Waals surface area contributed by atoms with Crippen LogP contribution in [0, 0.1) is 5.82 Å². The average molecular weight is 419 g/mol. The van der Waals surface area contributed by atoms with Crippen LogP contribution in [0.4, 0.5) is 23.4 Å². The lowest BCUT2D eigenvalue weighted by atomic mass is 10.1. The molecule has 2 aromatic heterocycles. The van der Waals surface area contributed by atoms with E-state index in [9.17, 15) is 17.6 Å². The fraction of sp³-hybridized carbons (Fsp3) is 0.333. The fourth-order valence-corrected chi connectivity index (χ4v) is 3.69. The van der Waals surface area contributed by atoms with Crippen LogP contribution in [0.2, 0.25) is 0 Å². The van der Waals surface area contributed by atoms with E-state index >= 15 is 0 Å². The van der Waals surface area contributed by atoms with Crippen molar-refractivity contribution in [1.82, 2.24) is 20.1 Å². The molecule has 0 bridgehead atoms. The Labute approximate surface area is 171 Å². The van der Waals surface area contributed by atoms with Gasteiger partial charge in [-0.25, -0.2) is 9.37 Å². The number of halogens is 4. The Morgan fingerprint density at radius 3 is 2.50 bits per heavy atom. The topological polar surface area (TPSA) is 48.1 Å². The van der Waals surface area contributed by atoms with Crippen molar-refractivity contribution >= 4 is 5.82 Å². The van der Waals surface area contributed by atoms with Crippen LogP contribution in [-0.4, -0.2) is 45.8 Å². The molecule has 1 aliphatic heterocycles. The van der Waals surface area contributed by atoms with E-state index in [4.69, 9.17) is 0 Å². The molecule has 0 radical (unpaired) electrons. The molecule has 1 unspecified atom stereocenters. The van der Waals surface area contributed by atoms with Gasteiger partial charge in [0.05, 0.1) is 11.3 Å². The summed E-state index contributed by atoms with van der Waals surface area (Å²) in [4.78, 5) is 8.29. The number of nitrogens with one attached hydrogen (secondary N) is 1. The molecule has 3 heterocycles. The van der Waals surface area contributed by atoms with Crippen molar-refractivity contribution in [3.8, 4) is 11.3 Å². The number of alkyl halides is 3. The molecule has 0 aliphatic carbocycles. The zero-order valence-electron chi connectivity index (χ0n) is 16.3. The summed E-state index contributed by atoms with van der Waals surface area (Å²) in [6, 6.07) is 8.88. The first-order chi connectivity index (χ1) is 14.3. The van der Waals surface area contributed by atoms with Crippen LogP contribution in [-0.2, 0) is 12.7 Å². The van der Waals surface area contributed by atoms with Gasteiger partial charge in [-0.15, -0.1) is 0 Å². The van der Waals surface area contributed by atoms with Crippen molar-refractivity contribution in [1.29, 1.82) is 0 Å². The molecule has 0 spiro atoms. The first kappa shape index (κ1) is 20.3. The van der Waals surface area contributed by atoms with E-state index in [1.165, 1.54) is 18.2 Å². The molecule has 1 aliphatic rings.